The second-order valence-electron chi connectivity index (χ2n) is 3.21. The molecule has 0 amide bonds. The van der Waals surface area contributed by atoms with Gasteiger partial charge in [0, 0.05) is 10.6 Å². The molecule has 0 aliphatic carbocycles. The number of benzene rings is 1. The van der Waals surface area contributed by atoms with Gasteiger partial charge in [-0.05, 0) is 31.5 Å². The molecular weight excluding hydrogens is 200 g/mol. The number of hydrogen-bond acceptors (Lipinski definition) is 2. The molecule has 0 aliphatic heterocycles. The van der Waals surface area contributed by atoms with E-state index in [1.807, 2.05) is 6.92 Å². The van der Waals surface area contributed by atoms with Crippen molar-refractivity contribution in [1.29, 1.82) is 0 Å². The topological polar surface area (TPSA) is 29.5 Å². The molecule has 78 valence electrons. The summed E-state index contributed by atoms with van der Waals surface area (Å²) in [6, 6.07) is 5.29. The van der Waals surface area contributed by atoms with Crippen LogP contribution in [0.4, 0.5) is 0 Å². The van der Waals surface area contributed by atoms with E-state index in [0.717, 1.165) is 12.0 Å². The highest BCUT2D eigenvalue weighted by molar-refractivity contribution is 6.30. The van der Waals surface area contributed by atoms with Gasteiger partial charge in [-0.1, -0.05) is 18.5 Å². The first-order valence-electron chi connectivity index (χ1n) is 4.75. The predicted molar refractivity (Wildman–Crippen MR) is 57.9 cm³/mol. The van der Waals surface area contributed by atoms with E-state index in [0.29, 0.717) is 17.4 Å². The van der Waals surface area contributed by atoms with Crippen molar-refractivity contribution in [3.05, 3.63) is 28.8 Å². The Kier molecular flexibility index (Phi) is 4.23. The van der Waals surface area contributed by atoms with E-state index >= 15 is 0 Å². The summed E-state index contributed by atoms with van der Waals surface area (Å²) in [6.45, 7) is 4.39. The Morgan fingerprint density at radius 2 is 2.21 bits per heavy atom. The molecule has 1 atom stereocenters. The average molecular weight is 215 g/mol. The van der Waals surface area contributed by atoms with Gasteiger partial charge < -0.3 is 9.84 Å². The molecule has 0 aromatic heterocycles. The molecule has 0 fully saturated rings. The maximum atomic E-state index is 9.49. The summed E-state index contributed by atoms with van der Waals surface area (Å²) in [5.74, 6) is 0.714. The number of aliphatic hydroxyl groups is 1. The van der Waals surface area contributed by atoms with E-state index in [-0.39, 0.29) is 0 Å². The van der Waals surface area contributed by atoms with Gasteiger partial charge >= 0.3 is 0 Å². The minimum absolute atomic E-state index is 0.555. The van der Waals surface area contributed by atoms with Crippen molar-refractivity contribution in [3.8, 4) is 5.75 Å². The highest BCUT2D eigenvalue weighted by Gasteiger charge is 2.09. The molecule has 0 unspecified atom stereocenters. The molecule has 1 rings (SSSR count). The third kappa shape index (κ3) is 2.89. The van der Waals surface area contributed by atoms with Crippen LogP contribution in [0.3, 0.4) is 0 Å². The fourth-order valence-corrected chi connectivity index (χ4v) is 1.37. The zero-order chi connectivity index (χ0) is 10.6. The third-order valence-corrected chi connectivity index (χ3v) is 2.12. The van der Waals surface area contributed by atoms with Crippen LogP contribution in [0.2, 0.25) is 5.02 Å². The van der Waals surface area contributed by atoms with Crippen LogP contribution in [-0.4, -0.2) is 11.7 Å². The Morgan fingerprint density at radius 3 is 2.79 bits per heavy atom. The maximum Gasteiger partial charge on any atom is 0.125 e. The van der Waals surface area contributed by atoms with Crippen LogP contribution in [0.15, 0.2) is 18.2 Å². The number of halogens is 1. The molecule has 14 heavy (non-hydrogen) atoms. The zero-order valence-electron chi connectivity index (χ0n) is 8.46. The van der Waals surface area contributed by atoms with Crippen LogP contribution >= 0.6 is 11.6 Å². The van der Waals surface area contributed by atoms with Gasteiger partial charge in [0.15, 0.2) is 0 Å². The van der Waals surface area contributed by atoms with Gasteiger partial charge in [0.1, 0.15) is 5.75 Å². The average Bonchev–Trinajstić information content (AvgIpc) is 2.15. The van der Waals surface area contributed by atoms with Gasteiger partial charge in [-0.3, -0.25) is 0 Å². The molecule has 0 saturated heterocycles. The van der Waals surface area contributed by atoms with E-state index in [9.17, 15) is 5.11 Å². The molecule has 0 radical (unpaired) electrons. The summed E-state index contributed by atoms with van der Waals surface area (Å²) >= 11 is 5.83. The fraction of sp³-hybridized carbons (Fsp3) is 0.455. The minimum atomic E-state index is -0.555. The van der Waals surface area contributed by atoms with Crippen LogP contribution in [-0.2, 0) is 0 Å². The van der Waals surface area contributed by atoms with Gasteiger partial charge in [-0.15, -0.1) is 0 Å². The SMILES string of the molecule is CCCOc1ccc(Cl)cc1[C@H](C)O. The molecular formula is C11H15ClO2. The smallest absolute Gasteiger partial charge is 0.125 e. The normalized spacial score (nSPS) is 12.6. The Bertz CT molecular complexity index is 297. The van der Waals surface area contributed by atoms with E-state index in [2.05, 4.69) is 0 Å². The maximum absolute atomic E-state index is 9.49. The van der Waals surface area contributed by atoms with Crippen molar-refractivity contribution in [1.82, 2.24) is 0 Å². The lowest BCUT2D eigenvalue weighted by Gasteiger charge is -2.13. The number of hydrogen-bond donors (Lipinski definition) is 1. The lowest BCUT2D eigenvalue weighted by molar-refractivity contribution is 0.191. The van der Waals surface area contributed by atoms with E-state index in [1.54, 1.807) is 25.1 Å². The highest BCUT2D eigenvalue weighted by Crippen LogP contribution is 2.28. The number of rotatable bonds is 4. The summed E-state index contributed by atoms with van der Waals surface area (Å²) in [5, 5.41) is 10.1. The molecule has 0 heterocycles. The van der Waals surface area contributed by atoms with Crippen molar-refractivity contribution >= 4 is 11.6 Å². The van der Waals surface area contributed by atoms with E-state index in [1.165, 1.54) is 0 Å². The van der Waals surface area contributed by atoms with Crippen LogP contribution in [0.1, 0.15) is 31.9 Å². The Hall–Kier alpha value is -0.730. The Labute approximate surface area is 89.5 Å². The summed E-state index contributed by atoms with van der Waals surface area (Å²) in [5.41, 5.74) is 0.742. The predicted octanol–water partition coefficient (Wildman–Crippen LogP) is 3.18. The van der Waals surface area contributed by atoms with E-state index in [4.69, 9.17) is 16.3 Å². The largest absolute Gasteiger partial charge is 0.493 e. The van der Waals surface area contributed by atoms with Gasteiger partial charge in [-0.2, -0.15) is 0 Å². The van der Waals surface area contributed by atoms with Crippen molar-refractivity contribution in [2.45, 2.75) is 26.4 Å². The molecule has 1 aromatic rings. The van der Waals surface area contributed by atoms with Crippen molar-refractivity contribution in [2.75, 3.05) is 6.61 Å². The van der Waals surface area contributed by atoms with E-state index < -0.39 is 6.10 Å². The van der Waals surface area contributed by atoms with Gasteiger partial charge in [0.05, 0.1) is 12.7 Å². The van der Waals surface area contributed by atoms with Crippen LogP contribution < -0.4 is 4.74 Å². The summed E-state index contributed by atoms with van der Waals surface area (Å²) in [6.07, 6.45) is 0.391. The number of ether oxygens (including phenoxy) is 1. The van der Waals surface area contributed by atoms with Gasteiger partial charge in [0.25, 0.3) is 0 Å². The molecule has 0 bridgehead atoms. The van der Waals surface area contributed by atoms with Gasteiger partial charge in [-0.25, -0.2) is 0 Å². The second kappa shape index (κ2) is 5.23. The van der Waals surface area contributed by atoms with Crippen LogP contribution in [0, 0.1) is 0 Å². The minimum Gasteiger partial charge on any atom is -0.493 e. The van der Waals surface area contributed by atoms with Crippen molar-refractivity contribution in [3.63, 3.8) is 0 Å². The van der Waals surface area contributed by atoms with Gasteiger partial charge in [0.2, 0.25) is 0 Å². The van der Waals surface area contributed by atoms with Crippen molar-refractivity contribution in [2.24, 2.45) is 0 Å². The first-order chi connectivity index (χ1) is 6.65. The molecule has 3 heteroatoms. The zero-order valence-corrected chi connectivity index (χ0v) is 9.21. The quantitative estimate of drug-likeness (QED) is 0.834. The Morgan fingerprint density at radius 1 is 1.50 bits per heavy atom. The lowest BCUT2D eigenvalue weighted by Crippen LogP contribution is -2.01. The summed E-state index contributed by atoms with van der Waals surface area (Å²) in [4.78, 5) is 0. The second-order valence-corrected chi connectivity index (χ2v) is 3.64. The lowest BCUT2D eigenvalue weighted by atomic mass is 10.1. The highest BCUT2D eigenvalue weighted by atomic mass is 35.5. The molecule has 0 aliphatic rings. The molecule has 0 spiro atoms. The third-order valence-electron chi connectivity index (χ3n) is 1.88. The fourth-order valence-electron chi connectivity index (χ4n) is 1.19. The van der Waals surface area contributed by atoms with Crippen LogP contribution in [0.5, 0.6) is 5.75 Å². The standard InChI is InChI=1S/C11H15ClO2/c1-3-6-14-11-5-4-9(12)7-10(11)8(2)13/h4-5,7-8,13H,3,6H2,1-2H3/t8-/m0/s1. The summed E-state index contributed by atoms with van der Waals surface area (Å²) < 4.78 is 5.48. The summed E-state index contributed by atoms with van der Waals surface area (Å²) in [7, 11) is 0. The molecule has 2 nitrogen and oxygen atoms in total. The molecule has 1 N–H and O–H groups in total. The monoisotopic (exact) mass is 214 g/mol. The first kappa shape index (κ1) is 11.3. The molecule has 1 aromatic carbocycles. The van der Waals surface area contributed by atoms with Crippen molar-refractivity contribution < 1.29 is 9.84 Å². The van der Waals surface area contributed by atoms with Crippen LogP contribution in [0.25, 0.3) is 0 Å². The Balaban J connectivity index is 2.90. The number of aliphatic hydroxyl groups excluding tert-OH is 1. The first-order valence-corrected chi connectivity index (χ1v) is 5.13. The molecule has 0 saturated carbocycles.